The van der Waals surface area contributed by atoms with E-state index in [9.17, 15) is 0 Å². The standard InChI is InChI=1S/C13H20N2O2/c1-17-10-11-4-6-15(7-5-11)9-12-2-3-13(16)8-14-12/h2-3,8,11,16H,4-7,9-10H2,1H3. The summed E-state index contributed by atoms with van der Waals surface area (Å²) in [6.45, 7) is 3.97. The molecule has 0 bridgehead atoms. The maximum absolute atomic E-state index is 9.17. The molecular formula is C13H20N2O2. The lowest BCUT2D eigenvalue weighted by molar-refractivity contribution is 0.0963. The first-order valence-electron chi connectivity index (χ1n) is 6.13. The van der Waals surface area contributed by atoms with Gasteiger partial charge in [0.1, 0.15) is 5.75 Å². The predicted octanol–water partition coefficient (Wildman–Crippen LogP) is 1.65. The molecule has 0 spiro atoms. The highest BCUT2D eigenvalue weighted by molar-refractivity contribution is 5.17. The maximum atomic E-state index is 9.17. The van der Waals surface area contributed by atoms with Gasteiger partial charge in [-0.2, -0.15) is 0 Å². The number of likely N-dealkylation sites (tertiary alicyclic amines) is 1. The number of aromatic hydroxyl groups is 1. The third-order valence-corrected chi connectivity index (χ3v) is 3.30. The molecule has 0 aliphatic carbocycles. The smallest absolute Gasteiger partial charge is 0.133 e. The molecule has 1 fully saturated rings. The van der Waals surface area contributed by atoms with Gasteiger partial charge in [0, 0.05) is 20.3 Å². The van der Waals surface area contributed by atoms with Gasteiger partial charge in [-0.3, -0.25) is 9.88 Å². The number of hydrogen-bond donors (Lipinski definition) is 1. The van der Waals surface area contributed by atoms with Crippen LogP contribution in [0.25, 0.3) is 0 Å². The first kappa shape index (κ1) is 12.3. The van der Waals surface area contributed by atoms with Gasteiger partial charge in [0.05, 0.1) is 11.9 Å². The third kappa shape index (κ3) is 3.68. The summed E-state index contributed by atoms with van der Waals surface area (Å²) in [6.07, 6.45) is 3.91. The van der Waals surface area contributed by atoms with Crippen LogP contribution in [0.15, 0.2) is 18.3 Å². The maximum Gasteiger partial charge on any atom is 0.133 e. The summed E-state index contributed by atoms with van der Waals surface area (Å²) < 4.78 is 5.19. The van der Waals surface area contributed by atoms with Crippen LogP contribution < -0.4 is 0 Å². The van der Waals surface area contributed by atoms with Crippen molar-refractivity contribution in [3.8, 4) is 5.75 Å². The largest absolute Gasteiger partial charge is 0.506 e. The van der Waals surface area contributed by atoms with Gasteiger partial charge in [-0.15, -0.1) is 0 Å². The summed E-state index contributed by atoms with van der Waals surface area (Å²) in [4.78, 5) is 6.62. The molecule has 0 aromatic carbocycles. The Morgan fingerprint density at radius 3 is 2.76 bits per heavy atom. The minimum Gasteiger partial charge on any atom is -0.506 e. The van der Waals surface area contributed by atoms with Gasteiger partial charge in [0.25, 0.3) is 0 Å². The predicted molar refractivity (Wildman–Crippen MR) is 65.8 cm³/mol. The van der Waals surface area contributed by atoms with Crippen molar-refractivity contribution >= 4 is 0 Å². The van der Waals surface area contributed by atoms with Gasteiger partial charge < -0.3 is 9.84 Å². The fourth-order valence-electron chi connectivity index (χ4n) is 2.29. The average Bonchev–Trinajstić information content (AvgIpc) is 2.35. The van der Waals surface area contributed by atoms with E-state index in [2.05, 4.69) is 9.88 Å². The first-order valence-corrected chi connectivity index (χ1v) is 6.13. The molecule has 0 unspecified atom stereocenters. The van der Waals surface area contributed by atoms with Crippen molar-refractivity contribution in [3.05, 3.63) is 24.0 Å². The van der Waals surface area contributed by atoms with Crippen LogP contribution in [0.5, 0.6) is 5.75 Å². The first-order chi connectivity index (χ1) is 8.28. The van der Waals surface area contributed by atoms with E-state index in [1.807, 2.05) is 6.07 Å². The molecule has 94 valence electrons. The SMILES string of the molecule is COCC1CCN(Cc2ccc(O)cn2)CC1. The summed E-state index contributed by atoms with van der Waals surface area (Å²) in [5.41, 5.74) is 1.02. The summed E-state index contributed by atoms with van der Waals surface area (Å²) >= 11 is 0. The lowest BCUT2D eigenvalue weighted by Gasteiger charge is -2.31. The van der Waals surface area contributed by atoms with E-state index in [4.69, 9.17) is 9.84 Å². The quantitative estimate of drug-likeness (QED) is 0.863. The molecule has 4 heteroatoms. The Labute approximate surface area is 102 Å². The molecule has 0 atom stereocenters. The fourth-order valence-corrected chi connectivity index (χ4v) is 2.29. The van der Waals surface area contributed by atoms with Crippen molar-refractivity contribution in [2.24, 2.45) is 5.92 Å². The number of hydrogen-bond acceptors (Lipinski definition) is 4. The molecule has 0 saturated carbocycles. The van der Waals surface area contributed by atoms with Crippen molar-refractivity contribution in [1.82, 2.24) is 9.88 Å². The van der Waals surface area contributed by atoms with Crippen molar-refractivity contribution in [2.45, 2.75) is 19.4 Å². The molecule has 0 radical (unpaired) electrons. The summed E-state index contributed by atoms with van der Waals surface area (Å²) in [5.74, 6) is 0.941. The Hall–Kier alpha value is -1.13. The van der Waals surface area contributed by atoms with Gasteiger partial charge in [-0.1, -0.05) is 0 Å². The van der Waals surface area contributed by atoms with Gasteiger partial charge in [0.15, 0.2) is 0 Å². The van der Waals surface area contributed by atoms with Gasteiger partial charge in [0.2, 0.25) is 0 Å². The Kier molecular flexibility index (Phi) is 4.34. The Bertz CT molecular complexity index is 332. The number of ether oxygens (including phenoxy) is 1. The third-order valence-electron chi connectivity index (χ3n) is 3.30. The molecule has 2 heterocycles. The number of rotatable bonds is 4. The van der Waals surface area contributed by atoms with E-state index in [0.29, 0.717) is 5.92 Å². The molecule has 1 aromatic rings. The van der Waals surface area contributed by atoms with Crippen molar-refractivity contribution in [1.29, 1.82) is 0 Å². The van der Waals surface area contributed by atoms with E-state index in [0.717, 1.165) is 31.9 Å². The summed E-state index contributed by atoms with van der Waals surface area (Å²) in [6, 6.07) is 3.58. The topological polar surface area (TPSA) is 45.6 Å². The summed E-state index contributed by atoms with van der Waals surface area (Å²) in [7, 11) is 1.77. The highest BCUT2D eigenvalue weighted by atomic mass is 16.5. The second-order valence-electron chi connectivity index (χ2n) is 4.68. The summed E-state index contributed by atoms with van der Waals surface area (Å²) in [5, 5.41) is 9.17. The molecule has 2 rings (SSSR count). The Morgan fingerprint density at radius 1 is 1.41 bits per heavy atom. The zero-order chi connectivity index (χ0) is 12.1. The zero-order valence-corrected chi connectivity index (χ0v) is 10.3. The second kappa shape index (κ2) is 5.98. The molecule has 4 nitrogen and oxygen atoms in total. The van der Waals surface area contributed by atoms with Crippen LogP contribution >= 0.6 is 0 Å². The van der Waals surface area contributed by atoms with Gasteiger partial charge >= 0.3 is 0 Å². The number of methoxy groups -OCH3 is 1. The van der Waals surface area contributed by atoms with Gasteiger partial charge in [-0.25, -0.2) is 0 Å². The monoisotopic (exact) mass is 236 g/mol. The number of piperidine rings is 1. The van der Waals surface area contributed by atoms with Crippen LogP contribution in [0.2, 0.25) is 0 Å². The van der Waals surface area contributed by atoms with E-state index < -0.39 is 0 Å². The van der Waals surface area contributed by atoms with Crippen molar-refractivity contribution in [3.63, 3.8) is 0 Å². The van der Waals surface area contributed by atoms with Crippen LogP contribution in [0, 0.1) is 5.92 Å². The van der Waals surface area contributed by atoms with Crippen LogP contribution in [0.1, 0.15) is 18.5 Å². The molecule has 0 amide bonds. The van der Waals surface area contributed by atoms with Crippen LogP contribution in [0.3, 0.4) is 0 Å². The van der Waals surface area contributed by atoms with E-state index in [1.165, 1.54) is 19.0 Å². The lowest BCUT2D eigenvalue weighted by Crippen LogP contribution is -2.34. The average molecular weight is 236 g/mol. The molecule has 1 N–H and O–H groups in total. The van der Waals surface area contributed by atoms with E-state index >= 15 is 0 Å². The Morgan fingerprint density at radius 2 is 2.18 bits per heavy atom. The number of pyridine rings is 1. The molecule has 1 aliphatic heterocycles. The molecular weight excluding hydrogens is 216 g/mol. The number of aromatic nitrogens is 1. The minimum atomic E-state index is 0.229. The minimum absolute atomic E-state index is 0.229. The molecule has 1 saturated heterocycles. The van der Waals surface area contributed by atoms with E-state index in [1.54, 1.807) is 13.2 Å². The Balaban J connectivity index is 1.79. The lowest BCUT2D eigenvalue weighted by atomic mass is 9.98. The molecule has 1 aliphatic rings. The van der Waals surface area contributed by atoms with Crippen molar-refractivity contribution < 1.29 is 9.84 Å². The molecule has 1 aromatic heterocycles. The van der Waals surface area contributed by atoms with Crippen LogP contribution in [-0.2, 0) is 11.3 Å². The number of nitrogens with zero attached hydrogens (tertiary/aromatic N) is 2. The van der Waals surface area contributed by atoms with Crippen LogP contribution in [-0.4, -0.2) is 41.8 Å². The second-order valence-corrected chi connectivity index (χ2v) is 4.68. The van der Waals surface area contributed by atoms with Gasteiger partial charge in [-0.05, 0) is 44.0 Å². The van der Waals surface area contributed by atoms with Crippen LogP contribution in [0.4, 0.5) is 0 Å². The van der Waals surface area contributed by atoms with E-state index in [-0.39, 0.29) is 5.75 Å². The normalized spacial score (nSPS) is 18.4. The zero-order valence-electron chi connectivity index (χ0n) is 10.3. The highest BCUT2D eigenvalue weighted by Crippen LogP contribution is 2.19. The van der Waals surface area contributed by atoms with Crippen molar-refractivity contribution in [2.75, 3.05) is 26.8 Å². The highest BCUT2D eigenvalue weighted by Gasteiger charge is 2.19. The fraction of sp³-hybridized carbons (Fsp3) is 0.615. The molecule has 17 heavy (non-hydrogen) atoms.